The largest absolute Gasteiger partial charge is 0.370 e. The van der Waals surface area contributed by atoms with E-state index in [1.807, 2.05) is 72.8 Å². The third-order valence-corrected chi connectivity index (χ3v) is 6.32. The van der Waals surface area contributed by atoms with Crippen LogP contribution < -0.4 is 20.9 Å². The van der Waals surface area contributed by atoms with E-state index in [-0.39, 0.29) is 6.03 Å². The monoisotopic (exact) mass is 545 g/mol. The quantitative estimate of drug-likeness (QED) is 0.151. The highest BCUT2D eigenvalue weighted by molar-refractivity contribution is 5.95. The summed E-state index contributed by atoms with van der Waals surface area (Å²) in [5, 5.41) is 18.7. The van der Waals surface area contributed by atoms with Gasteiger partial charge in [0.1, 0.15) is 17.7 Å². The maximum atomic E-state index is 13.7. The Bertz CT molecular complexity index is 1430. The van der Waals surface area contributed by atoms with Crippen molar-refractivity contribution < 1.29 is 4.79 Å². The lowest BCUT2D eigenvalue weighted by Crippen LogP contribution is -2.39. The summed E-state index contributed by atoms with van der Waals surface area (Å²) in [6.07, 6.45) is 8.77. The molecule has 208 valence electrons. The summed E-state index contributed by atoms with van der Waals surface area (Å²) in [4.78, 5) is 24.1. The first kappa shape index (κ1) is 28.8. The molecule has 0 aliphatic heterocycles. The number of unbranched alkanes of at least 4 members (excludes halogenated alkanes) is 1. The summed E-state index contributed by atoms with van der Waals surface area (Å²) in [6, 6.07) is 28.9. The van der Waals surface area contributed by atoms with Crippen molar-refractivity contribution >= 4 is 29.0 Å². The van der Waals surface area contributed by atoms with Crippen LogP contribution in [-0.4, -0.2) is 22.5 Å². The zero-order valence-electron chi connectivity index (χ0n) is 23.3. The lowest BCUT2D eigenvalue weighted by Gasteiger charge is -2.27. The van der Waals surface area contributed by atoms with E-state index in [0.29, 0.717) is 25.1 Å². The molecule has 0 saturated carbocycles. The molecular weight excluding hydrogens is 510 g/mol. The Morgan fingerprint density at radius 1 is 0.951 bits per heavy atom. The molecule has 0 radical (unpaired) electrons. The van der Waals surface area contributed by atoms with Crippen LogP contribution in [0.25, 0.3) is 0 Å². The lowest BCUT2D eigenvalue weighted by atomic mass is 10.1. The predicted molar refractivity (Wildman–Crippen MR) is 165 cm³/mol. The average molecular weight is 546 g/mol. The van der Waals surface area contributed by atoms with E-state index in [0.717, 1.165) is 53.5 Å². The van der Waals surface area contributed by atoms with Crippen LogP contribution in [0, 0.1) is 11.3 Å². The number of nitrogens with zero attached hydrogens (tertiary/aromatic N) is 4. The van der Waals surface area contributed by atoms with Gasteiger partial charge in [0.2, 0.25) is 0 Å². The fourth-order valence-corrected chi connectivity index (χ4v) is 4.21. The second-order valence-electron chi connectivity index (χ2n) is 9.42. The van der Waals surface area contributed by atoms with Gasteiger partial charge in [0.25, 0.3) is 0 Å². The number of carbonyl (C=O) groups excluding carboxylic acids is 1. The van der Waals surface area contributed by atoms with Crippen LogP contribution in [0.1, 0.15) is 43.7 Å². The Labute approximate surface area is 241 Å². The molecule has 0 atom stereocenters. The van der Waals surface area contributed by atoms with E-state index < -0.39 is 0 Å². The number of allylic oxidation sites excluding steroid dienone is 2. The smallest absolute Gasteiger partial charge is 0.326 e. The third-order valence-electron chi connectivity index (χ3n) is 6.32. The summed E-state index contributed by atoms with van der Waals surface area (Å²) >= 11 is 0. The number of hydrogen-bond donors (Lipinski definition) is 3. The van der Waals surface area contributed by atoms with Crippen LogP contribution in [-0.2, 0) is 6.54 Å². The Morgan fingerprint density at radius 2 is 1.76 bits per heavy atom. The standard InChI is InChI=1S/C33H35N7O/c1-2-3-12-29(13-9-22-35-31-20-15-27(23-34)25-37-31)40(33(41)38-24-26-10-5-4-6-11-26)30-18-16-28(17-19-30)39-32-14-7-8-21-36-32/h4-8,10-12,14-21,25H,2-3,9,13,22,24H2,1H3,(H,35,37)(H,36,39)(H,38,41)/b29-12+. The number of anilines is 4. The van der Waals surface area contributed by atoms with Crippen LogP contribution >= 0.6 is 0 Å². The molecule has 2 aromatic heterocycles. The first-order valence-electron chi connectivity index (χ1n) is 13.9. The van der Waals surface area contributed by atoms with E-state index in [4.69, 9.17) is 5.26 Å². The molecule has 0 bridgehead atoms. The molecule has 0 spiro atoms. The van der Waals surface area contributed by atoms with Gasteiger partial charge in [0.15, 0.2) is 0 Å². The minimum absolute atomic E-state index is 0.177. The fourth-order valence-electron chi connectivity index (χ4n) is 4.21. The van der Waals surface area contributed by atoms with Crippen LogP contribution in [0.15, 0.2) is 109 Å². The molecule has 4 rings (SSSR count). The first-order chi connectivity index (χ1) is 20.2. The van der Waals surface area contributed by atoms with Crippen molar-refractivity contribution in [2.75, 3.05) is 22.1 Å². The number of rotatable bonds is 13. The first-order valence-corrected chi connectivity index (χ1v) is 13.9. The lowest BCUT2D eigenvalue weighted by molar-refractivity contribution is 0.247. The SMILES string of the molecule is CCC/C=C(\CCCNc1ccc(C#N)cn1)N(C(=O)NCc1ccccc1)c1ccc(Nc2ccccn2)cc1. The minimum Gasteiger partial charge on any atom is -0.370 e. The van der Waals surface area contributed by atoms with Gasteiger partial charge >= 0.3 is 6.03 Å². The number of benzene rings is 2. The number of carbonyl (C=O) groups is 1. The van der Waals surface area contributed by atoms with Gasteiger partial charge in [0.05, 0.1) is 11.3 Å². The van der Waals surface area contributed by atoms with Crippen molar-refractivity contribution in [2.45, 2.75) is 39.2 Å². The summed E-state index contributed by atoms with van der Waals surface area (Å²) in [7, 11) is 0. The molecule has 0 fully saturated rings. The Balaban J connectivity index is 1.50. The van der Waals surface area contributed by atoms with Gasteiger partial charge in [-0.25, -0.2) is 14.8 Å². The van der Waals surface area contributed by atoms with Crippen LogP contribution in [0.4, 0.5) is 27.8 Å². The van der Waals surface area contributed by atoms with Gasteiger partial charge < -0.3 is 16.0 Å². The summed E-state index contributed by atoms with van der Waals surface area (Å²) in [5.74, 6) is 1.47. The average Bonchev–Trinajstić information content (AvgIpc) is 3.02. The number of urea groups is 1. The van der Waals surface area contributed by atoms with Gasteiger partial charge in [-0.2, -0.15) is 5.26 Å². The fraction of sp³-hybridized carbons (Fsp3) is 0.212. The maximum absolute atomic E-state index is 13.7. The van der Waals surface area contributed by atoms with Crippen LogP contribution in [0.5, 0.6) is 0 Å². The number of nitriles is 1. The van der Waals surface area contributed by atoms with Crippen LogP contribution in [0.3, 0.4) is 0 Å². The van der Waals surface area contributed by atoms with E-state index >= 15 is 0 Å². The Kier molecular flexibility index (Phi) is 10.9. The van der Waals surface area contributed by atoms with Crippen molar-refractivity contribution in [1.29, 1.82) is 5.26 Å². The van der Waals surface area contributed by atoms with Crippen molar-refractivity contribution in [3.8, 4) is 6.07 Å². The van der Waals surface area contributed by atoms with Crippen LogP contribution in [0.2, 0.25) is 0 Å². The molecule has 2 aromatic carbocycles. The second-order valence-corrected chi connectivity index (χ2v) is 9.42. The summed E-state index contributed by atoms with van der Waals surface area (Å²) < 4.78 is 0. The van der Waals surface area contributed by atoms with E-state index in [1.165, 1.54) is 0 Å². The normalized spacial score (nSPS) is 10.9. The molecule has 2 heterocycles. The van der Waals surface area contributed by atoms with Gasteiger partial charge in [-0.15, -0.1) is 0 Å². The highest BCUT2D eigenvalue weighted by Crippen LogP contribution is 2.26. The Morgan fingerprint density at radius 3 is 2.44 bits per heavy atom. The zero-order valence-corrected chi connectivity index (χ0v) is 23.3. The van der Waals surface area contributed by atoms with E-state index in [1.54, 1.807) is 29.4 Å². The molecule has 4 aromatic rings. The molecule has 3 N–H and O–H groups in total. The minimum atomic E-state index is -0.177. The molecule has 0 aliphatic carbocycles. The number of nitrogens with one attached hydrogen (secondary N) is 3. The molecular formula is C33H35N7O. The van der Waals surface area contributed by atoms with Crippen molar-refractivity contribution in [1.82, 2.24) is 15.3 Å². The summed E-state index contributed by atoms with van der Waals surface area (Å²) in [6.45, 7) is 3.24. The molecule has 0 saturated heterocycles. The number of pyridine rings is 2. The molecule has 41 heavy (non-hydrogen) atoms. The predicted octanol–water partition coefficient (Wildman–Crippen LogP) is 7.38. The molecule has 0 unspecified atom stereocenters. The number of hydrogen-bond acceptors (Lipinski definition) is 6. The van der Waals surface area contributed by atoms with E-state index in [9.17, 15) is 4.79 Å². The van der Waals surface area contributed by atoms with Crippen molar-refractivity contribution in [3.05, 3.63) is 120 Å². The second kappa shape index (κ2) is 15.4. The highest BCUT2D eigenvalue weighted by Gasteiger charge is 2.20. The van der Waals surface area contributed by atoms with Gasteiger partial charge in [0, 0.05) is 36.9 Å². The maximum Gasteiger partial charge on any atom is 0.326 e. The Hall–Kier alpha value is -5.16. The molecule has 8 nitrogen and oxygen atoms in total. The molecule has 8 heteroatoms. The van der Waals surface area contributed by atoms with Gasteiger partial charge in [-0.3, -0.25) is 4.90 Å². The molecule has 2 amide bonds. The topological polar surface area (TPSA) is 106 Å². The van der Waals surface area contributed by atoms with Crippen molar-refractivity contribution in [3.63, 3.8) is 0 Å². The summed E-state index contributed by atoms with van der Waals surface area (Å²) in [5.41, 5.74) is 4.17. The van der Waals surface area contributed by atoms with Gasteiger partial charge in [-0.1, -0.05) is 55.8 Å². The third kappa shape index (κ3) is 8.94. The number of aromatic nitrogens is 2. The van der Waals surface area contributed by atoms with Gasteiger partial charge in [-0.05, 0) is 73.4 Å². The zero-order chi connectivity index (χ0) is 28.7. The van der Waals surface area contributed by atoms with Crippen molar-refractivity contribution in [2.24, 2.45) is 0 Å². The van der Waals surface area contributed by atoms with E-state index in [2.05, 4.69) is 45.0 Å². The highest BCUT2D eigenvalue weighted by atomic mass is 16.2. The number of amides is 2. The molecule has 0 aliphatic rings.